The second-order valence-electron chi connectivity index (χ2n) is 7.78. The van der Waals surface area contributed by atoms with Crippen LogP contribution in [-0.2, 0) is 20.7 Å². The number of amides is 2. The molecule has 7 nitrogen and oxygen atoms in total. The third-order valence-corrected chi connectivity index (χ3v) is 5.35. The molecule has 1 aromatic heterocycles. The highest BCUT2D eigenvalue weighted by atomic mass is 16.5. The Balaban J connectivity index is 1.43. The molecule has 7 heteroatoms. The highest BCUT2D eigenvalue weighted by Gasteiger charge is 2.22. The number of nitrogens with one attached hydrogen (secondary N) is 3. The SMILES string of the molecule is CC(=O)NC(Cc1c[nH]c2ccccc12)C(=O)Nc1cccc(OCC2CCCO2)c1. The van der Waals surface area contributed by atoms with E-state index in [9.17, 15) is 9.59 Å². The molecule has 3 aromatic rings. The highest BCUT2D eigenvalue weighted by Crippen LogP contribution is 2.22. The van der Waals surface area contributed by atoms with Gasteiger partial charge in [0.1, 0.15) is 18.4 Å². The molecule has 2 aromatic carbocycles. The monoisotopic (exact) mass is 421 g/mol. The number of benzene rings is 2. The lowest BCUT2D eigenvalue weighted by Gasteiger charge is -2.18. The number of anilines is 1. The van der Waals surface area contributed by atoms with E-state index in [0.29, 0.717) is 24.5 Å². The van der Waals surface area contributed by atoms with E-state index < -0.39 is 6.04 Å². The molecular weight excluding hydrogens is 394 g/mol. The quantitative estimate of drug-likeness (QED) is 0.520. The van der Waals surface area contributed by atoms with Crippen LogP contribution in [0.1, 0.15) is 25.3 Å². The van der Waals surface area contributed by atoms with E-state index in [1.54, 1.807) is 12.1 Å². The maximum atomic E-state index is 13.0. The fraction of sp³-hybridized carbons (Fsp3) is 0.333. The van der Waals surface area contributed by atoms with E-state index in [1.807, 2.05) is 42.6 Å². The minimum absolute atomic E-state index is 0.124. The summed E-state index contributed by atoms with van der Waals surface area (Å²) in [4.78, 5) is 27.9. The van der Waals surface area contributed by atoms with Crippen LogP contribution in [0.15, 0.2) is 54.7 Å². The zero-order chi connectivity index (χ0) is 21.6. The van der Waals surface area contributed by atoms with Gasteiger partial charge in [0.2, 0.25) is 11.8 Å². The molecular formula is C24H27N3O4. The number of H-pyrrole nitrogens is 1. The lowest BCUT2D eigenvalue weighted by Crippen LogP contribution is -2.44. The van der Waals surface area contributed by atoms with Crippen LogP contribution >= 0.6 is 0 Å². The molecule has 3 N–H and O–H groups in total. The van der Waals surface area contributed by atoms with Crippen LogP contribution in [0.2, 0.25) is 0 Å². The molecule has 0 radical (unpaired) electrons. The van der Waals surface area contributed by atoms with Gasteiger partial charge in [0.25, 0.3) is 0 Å². The zero-order valence-corrected chi connectivity index (χ0v) is 17.5. The standard InChI is InChI=1S/C24H27N3O4/c1-16(28)26-23(12-17-14-25-22-10-3-2-9-21(17)22)24(29)27-18-6-4-7-19(13-18)31-15-20-8-5-11-30-20/h2-4,6-7,9-10,13-14,20,23,25H,5,8,11-12,15H2,1H3,(H,26,28)(H,27,29). The number of hydrogen-bond acceptors (Lipinski definition) is 4. The van der Waals surface area contributed by atoms with Crippen molar-refractivity contribution >= 4 is 28.4 Å². The molecule has 0 saturated carbocycles. The molecule has 31 heavy (non-hydrogen) atoms. The normalized spacial score (nSPS) is 16.7. The fourth-order valence-corrected chi connectivity index (χ4v) is 3.83. The Morgan fingerprint density at radius 2 is 2.10 bits per heavy atom. The summed E-state index contributed by atoms with van der Waals surface area (Å²) < 4.78 is 11.4. The first-order valence-electron chi connectivity index (χ1n) is 10.6. The molecule has 162 valence electrons. The maximum absolute atomic E-state index is 13.0. The molecule has 2 amide bonds. The van der Waals surface area contributed by atoms with Crippen molar-refractivity contribution in [2.24, 2.45) is 0 Å². The molecule has 2 atom stereocenters. The van der Waals surface area contributed by atoms with Crippen molar-refractivity contribution in [2.45, 2.75) is 38.3 Å². The Bertz CT molecular complexity index is 1060. The molecule has 2 heterocycles. The van der Waals surface area contributed by atoms with E-state index >= 15 is 0 Å². The van der Waals surface area contributed by atoms with Crippen LogP contribution in [0.5, 0.6) is 5.75 Å². The van der Waals surface area contributed by atoms with Gasteiger partial charge in [-0.15, -0.1) is 0 Å². The summed E-state index contributed by atoms with van der Waals surface area (Å²) in [6.07, 6.45) is 4.45. The van der Waals surface area contributed by atoms with Crippen LogP contribution in [0.3, 0.4) is 0 Å². The molecule has 2 unspecified atom stereocenters. The molecule has 1 aliphatic heterocycles. The van der Waals surface area contributed by atoms with Crippen molar-refractivity contribution in [3.05, 3.63) is 60.3 Å². The van der Waals surface area contributed by atoms with Gasteiger partial charge in [-0.05, 0) is 36.6 Å². The highest BCUT2D eigenvalue weighted by molar-refractivity contribution is 5.97. The molecule has 0 bridgehead atoms. The topological polar surface area (TPSA) is 92.5 Å². The summed E-state index contributed by atoms with van der Waals surface area (Å²) >= 11 is 0. The number of aromatic nitrogens is 1. The summed E-state index contributed by atoms with van der Waals surface area (Å²) in [7, 11) is 0. The van der Waals surface area contributed by atoms with Gasteiger partial charge in [-0.3, -0.25) is 9.59 Å². The number of fused-ring (bicyclic) bond motifs is 1. The van der Waals surface area contributed by atoms with Crippen molar-refractivity contribution in [2.75, 3.05) is 18.5 Å². The van der Waals surface area contributed by atoms with Crippen LogP contribution < -0.4 is 15.4 Å². The number of carbonyl (C=O) groups excluding carboxylic acids is 2. The zero-order valence-electron chi connectivity index (χ0n) is 17.5. The fourth-order valence-electron chi connectivity index (χ4n) is 3.83. The van der Waals surface area contributed by atoms with E-state index in [2.05, 4.69) is 15.6 Å². The average molecular weight is 421 g/mol. The molecule has 1 saturated heterocycles. The second kappa shape index (κ2) is 9.66. The first kappa shape index (κ1) is 20.9. The largest absolute Gasteiger partial charge is 0.491 e. The predicted molar refractivity (Wildman–Crippen MR) is 119 cm³/mol. The third kappa shape index (κ3) is 5.44. The summed E-state index contributed by atoms with van der Waals surface area (Å²) in [6, 6.07) is 14.4. The first-order valence-corrected chi connectivity index (χ1v) is 10.6. The molecule has 1 aliphatic rings. The predicted octanol–water partition coefficient (Wildman–Crippen LogP) is 3.41. The third-order valence-electron chi connectivity index (χ3n) is 5.35. The number of hydrogen-bond donors (Lipinski definition) is 3. The minimum atomic E-state index is -0.701. The minimum Gasteiger partial charge on any atom is -0.491 e. The maximum Gasteiger partial charge on any atom is 0.247 e. The van der Waals surface area contributed by atoms with E-state index in [1.165, 1.54) is 6.92 Å². The molecule has 4 rings (SSSR count). The number of carbonyl (C=O) groups is 2. The average Bonchev–Trinajstić information content (AvgIpc) is 3.42. The van der Waals surface area contributed by atoms with Crippen molar-refractivity contribution in [3.8, 4) is 5.75 Å². The van der Waals surface area contributed by atoms with Gasteiger partial charge in [0.15, 0.2) is 0 Å². The number of aromatic amines is 1. The smallest absolute Gasteiger partial charge is 0.247 e. The molecule has 0 spiro atoms. The summed E-state index contributed by atoms with van der Waals surface area (Å²) in [5.41, 5.74) is 2.58. The van der Waals surface area contributed by atoms with Gasteiger partial charge in [-0.25, -0.2) is 0 Å². The van der Waals surface area contributed by atoms with Crippen LogP contribution in [-0.4, -0.2) is 42.2 Å². The molecule has 1 fully saturated rings. The Hall–Kier alpha value is -3.32. The first-order chi connectivity index (χ1) is 15.1. The number of rotatable bonds is 8. The van der Waals surface area contributed by atoms with Crippen molar-refractivity contribution in [1.82, 2.24) is 10.3 Å². The summed E-state index contributed by atoms with van der Waals surface area (Å²) in [5.74, 6) is 0.131. The number of ether oxygens (including phenoxy) is 2. The van der Waals surface area contributed by atoms with Gasteiger partial charge < -0.3 is 25.1 Å². The van der Waals surface area contributed by atoms with E-state index in [0.717, 1.165) is 35.9 Å². The lowest BCUT2D eigenvalue weighted by atomic mass is 10.0. The van der Waals surface area contributed by atoms with Gasteiger partial charge >= 0.3 is 0 Å². The van der Waals surface area contributed by atoms with Crippen molar-refractivity contribution in [3.63, 3.8) is 0 Å². The van der Waals surface area contributed by atoms with Crippen LogP contribution in [0, 0.1) is 0 Å². The van der Waals surface area contributed by atoms with Gasteiger partial charge in [-0.2, -0.15) is 0 Å². The Morgan fingerprint density at radius 1 is 1.23 bits per heavy atom. The summed E-state index contributed by atoms with van der Waals surface area (Å²) in [5, 5.41) is 6.71. The molecule has 0 aliphatic carbocycles. The Morgan fingerprint density at radius 3 is 2.90 bits per heavy atom. The number of para-hydroxylation sites is 1. The van der Waals surface area contributed by atoms with E-state index in [-0.39, 0.29) is 17.9 Å². The van der Waals surface area contributed by atoms with Gasteiger partial charge in [-0.1, -0.05) is 24.3 Å². The second-order valence-corrected chi connectivity index (χ2v) is 7.78. The van der Waals surface area contributed by atoms with Crippen molar-refractivity contribution < 1.29 is 19.1 Å². The van der Waals surface area contributed by atoms with E-state index in [4.69, 9.17) is 9.47 Å². The summed E-state index contributed by atoms with van der Waals surface area (Å²) in [6.45, 7) is 2.69. The van der Waals surface area contributed by atoms with Gasteiger partial charge in [0, 0.05) is 48.8 Å². The Kier molecular flexibility index (Phi) is 6.52. The Labute approximate surface area is 181 Å². The lowest BCUT2D eigenvalue weighted by molar-refractivity contribution is -0.125. The van der Waals surface area contributed by atoms with Crippen LogP contribution in [0.4, 0.5) is 5.69 Å². The van der Waals surface area contributed by atoms with Gasteiger partial charge in [0.05, 0.1) is 6.10 Å². The van der Waals surface area contributed by atoms with Crippen LogP contribution in [0.25, 0.3) is 10.9 Å². The van der Waals surface area contributed by atoms with Crippen molar-refractivity contribution in [1.29, 1.82) is 0 Å².